The molecular weight excluding hydrogens is 458 g/mol. The maximum Gasteiger partial charge on any atom is 0.0208 e. The third-order valence-corrected chi connectivity index (χ3v) is 13.9. The zero-order chi connectivity index (χ0) is 24.5. The maximum absolute atomic E-state index is 2.60. The van der Waals surface area contributed by atoms with E-state index in [9.17, 15) is 0 Å². The first-order valence-corrected chi connectivity index (χ1v) is 15.8. The molecule has 0 atom stereocenters. The Balaban J connectivity index is 2.03. The van der Waals surface area contributed by atoms with E-state index < -0.39 is 15.8 Å². The fourth-order valence-corrected chi connectivity index (χ4v) is 13.5. The molecule has 4 aromatic rings. The van der Waals surface area contributed by atoms with Gasteiger partial charge in [0.2, 0.25) is 0 Å². The normalized spacial score (nSPS) is 11.9. The summed E-state index contributed by atoms with van der Waals surface area (Å²) in [6, 6.07) is 45.5. The highest BCUT2D eigenvalue weighted by Crippen LogP contribution is 2.64. The van der Waals surface area contributed by atoms with Crippen molar-refractivity contribution in [3.05, 3.63) is 121 Å². The molecule has 0 fully saturated rings. The molecule has 180 valence electrons. The number of benzene rings is 4. The largest absolute Gasteiger partial charge is 0.0654 e. The Morgan fingerprint density at radius 2 is 0.743 bits per heavy atom. The summed E-state index contributed by atoms with van der Waals surface area (Å²) < 4.78 is 0. The van der Waals surface area contributed by atoms with Gasteiger partial charge in [0, 0.05) is 5.40 Å². The van der Waals surface area contributed by atoms with Crippen molar-refractivity contribution in [2.45, 2.75) is 51.9 Å². The van der Waals surface area contributed by atoms with Crippen molar-refractivity contribution in [1.29, 1.82) is 0 Å². The third kappa shape index (κ3) is 6.12. The minimum atomic E-state index is -0.583. The van der Waals surface area contributed by atoms with Crippen LogP contribution in [0.1, 0.15) is 46.5 Å². The first kappa shape index (κ1) is 25.8. The lowest BCUT2D eigenvalue weighted by molar-refractivity contribution is 0.292. The number of hydrogen-bond acceptors (Lipinski definition) is 0. The summed E-state index contributed by atoms with van der Waals surface area (Å²) in [6.45, 7) is 7.34. The summed E-state index contributed by atoms with van der Waals surface area (Å²) in [4.78, 5) is 0. The van der Waals surface area contributed by atoms with Gasteiger partial charge in [0.05, 0.1) is 0 Å². The van der Waals surface area contributed by atoms with Crippen LogP contribution < -0.4 is 21.2 Å². The summed E-state index contributed by atoms with van der Waals surface area (Å²) >= 11 is 0. The lowest BCUT2D eigenvalue weighted by Crippen LogP contribution is -2.39. The highest BCUT2D eigenvalue weighted by atomic mass is 31.2. The fourth-order valence-electron chi connectivity index (χ4n) is 5.48. The zero-order valence-corrected chi connectivity index (χ0v) is 23.1. The molecule has 0 nitrogen and oxygen atoms in total. The Hall–Kier alpha value is -2.26. The SMILES string of the molecule is CCCC(C)(CCC)C(P(c1ccccc1)c1ccccc1)P(c1ccccc1)c1ccccc1. The van der Waals surface area contributed by atoms with Crippen LogP contribution in [0, 0.1) is 5.41 Å². The average molecular weight is 497 g/mol. The molecule has 0 bridgehead atoms. The van der Waals surface area contributed by atoms with E-state index in [4.69, 9.17) is 0 Å². The molecule has 0 aliphatic rings. The second-order valence-electron chi connectivity index (χ2n) is 9.61. The molecule has 0 N–H and O–H groups in total. The van der Waals surface area contributed by atoms with Crippen LogP contribution in [-0.4, -0.2) is 5.40 Å². The maximum atomic E-state index is 2.60. The van der Waals surface area contributed by atoms with Gasteiger partial charge in [0.25, 0.3) is 0 Å². The first-order valence-electron chi connectivity index (χ1n) is 13.0. The Morgan fingerprint density at radius 1 is 0.486 bits per heavy atom. The quantitative estimate of drug-likeness (QED) is 0.184. The van der Waals surface area contributed by atoms with Gasteiger partial charge in [-0.25, -0.2) is 0 Å². The molecule has 35 heavy (non-hydrogen) atoms. The molecule has 0 heterocycles. The summed E-state index contributed by atoms with van der Waals surface area (Å²) in [6.07, 6.45) is 4.93. The van der Waals surface area contributed by atoms with Crippen molar-refractivity contribution in [1.82, 2.24) is 0 Å². The van der Waals surface area contributed by atoms with Gasteiger partial charge in [-0.2, -0.15) is 0 Å². The molecule has 4 rings (SSSR count). The van der Waals surface area contributed by atoms with E-state index in [1.165, 1.54) is 46.9 Å². The van der Waals surface area contributed by atoms with Crippen LogP contribution in [0.2, 0.25) is 0 Å². The third-order valence-electron chi connectivity index (χ3n) is 6.89. The van der Waals surface area contributed by atoms with Crippen LogP contribution in [0.15, 0.2) is 121 Å². The average Bonchev–Trinajstić information content (AvgIpc) is 2.91. The monoisotopic (exact) mass is 496 g/mol. The van der Waals surface area contributed by atoms with Crippen LogP contribution in [0.3, 0.4) is 0 Å². The topological polar surface area (TPSA) is 0 Å². The molecule has 0 radical (unpaired) electrons. The van der Waals surface area contributed by atoms with E-state index in [-0.39, 0.29) is 5.41 Å². The van der Waals surface area contributed by atoms with Crippen molar-refractivity contribution in [3.8, 4) is 0 Å². The number of hydrogen-bond donors (Lipinski definition) is 0. The van der Waals surface area contributed by atoms with Gasteiger partial charge in [-0.1, -0.05) is 155 Å². The van der Waals surface area contributed by atoms with Crippen molar-refractivity contribution in [3.63, 3.8) is 0 Å². The highest BCUT2D eigenvalue weighted by Gasteiger charge is 2.45. The van der Waals surface area contributed by atoms with Crippen LogP contribution >= 0.6 is 15.8 Å². The second kappa shape index (κ2) is 12.6. The Labute approximate surface area is 215 Å². The molecular formula is C33H38P2. The fraction of sp³-hybridized carbons (Fsp3) is 0.273. The van der Waals surface area contributed by atoms with Gasteiger partial charge in [-0.3, -0.25) is 0 Å². The predicted octanol–water partition coefficient (Wildman–Crippen LogP) is 8.18. The lowest BCUT2D eigenvalue weighted by atomic mass is 9.83. The standard InChI is InChI=1S/C33H38P2/c1-4-26-33(3,27-5-2)32(34(28-18-10-6-11-19-28)29-20-12-7-13-21-29)35(30-22-14-8-15-23-30)31-24-16-9-17-25-31/h6-25,32H,4-5,26-27H2,1-3H3. The molecule has 2 heteroatoms. The minimum Gasteiger partial charge on any atom is -0.0654 e. The molecule has 0 spiro atoms. The smallest absolute Gasteiger partial charge is 0.0208 e. The summed E-state index contributed by atoms with van der Waals surface area (Å²) in [5.41, 5.74) is 0.234. The van der Waals surface area contributed by atoms with E-state index in [1.807, 2.05) is 0 Å². The van der Waals surface area contributed by atoms with Crippen molar-refractivity contribution >= 4 is 37.1 Å². The zero-order valence-electron chi connectivity index (χ0n) is 21.3. The summed E-state index contributed by atoms with van der Waals surface area (Å²) in [5.74, 6) is 0. The van der Waals surface area contributed by atoms with E-state index in [2.05, 4.69) is 142 Å². The van der Waals surface area contributed by atoms with Crippen LogP contribution in [0.4, 0.5) is 0 Å². The van der Waals surface area contributed by atoms with E-state index in [0.717, 1.165) is 0 Å². The summed E-state index contributed by atoms with van der Waals surface area (Å²) in [7, 11) is -1.17. The van der Waals surface area contributed by atoms with Gasteiger partial charge in [-0.15, -0.1) is 0 Å². The van der Waals surface area contributed by atoms with Crippen molar-refractivity contribution in [2.24, 2.45) is 5.41 Å². The number of rotatable bonds is 11. The summed E-state index contributed by atoms with van der Waals surface area (Å²) in [5, 5.41) is 6.52. The second-order valence-corrected chi connectivity index (χ2v) is 14.6. The molecule has 0 unspecified atom stereocenters. The van der Waals surface area contributed by atoms with Gasteiger partial charge in [0.1, 0.15) is 0 Å². The Kier molecular flexibility index (Phi) is 9.31. The first-order chi connectivity index (χ1) is 17.2. The highest BCUT2D eigenvalue weighted by molar-refractivity contribution is 7.89. The molecule has 0 saturated carbocycles. The molecule has 0 aliphatic heterocycles. The van der Waals surface area contributed by atoms with Gasteiger partial charge < -0.3 is 0 Å². The van der Waals surface area contributed by atoms with Crippen LogP contribution in [0.25, 0.3) is 0 Å². The Bertz CT molecular complexity index is 959. The predicted molar refractivity (Wildman–Crippen MR) is 160 cm³/mol. The Morgan fingerprint density at radius 3 is 0.971 bits per heavy atom. The van der Waals surface area contributed by atoms with E-state index in [1.54, 1.807) is 0 Å². The van der Waals surface area contributed by atoms with Gasteiger partial charge in [0.15, 0.2) is 0 Å². The molecule has 0 aromatic heterocycles. The molecule has 0 aliphatic carbocycles. The van der Waals surface area contributed by atoms with E-state index >= 15 is 0 Å². The van der Waals surface area contributed by atoms with E-state index in [0.29, 0.717) is 5.40 Å². The molecule has 4 aromatic carbocycles. The van der Waals surface area contributed by atoms with Crippen LogP contribution in [0.5, 0.6) is 0 Å². The molecule has 0 saturated heterocycles. The van der Waals surface area contributed by atoms with Crippen LogP contribution in [-0.2, 0) is 0 Å². The molecule has 0 amide bonds. The van der Waals surface area contributed by atoms with Gasteiger partial charge >= 0.3 is 0 Å². The van der Waals surface area contributed by atoms with Crippen molar-refractivity contribution < 1.29 is 0 Å². The van der Waals surface area contributed by atoms with Crippen molar-refractivity contribution in [2.75, 3.05) is 0 Å². The lowest BCUT2D eigenvalue weighted by Gasteiger charge is -2.47. The van der Waals surface area contributed by atoms with Gasteiger partial charge in [-0.05, 0) is 55.3 Å². The minimum absolute atomic E-state index is 0.234.